The quantitative estimate of drug-likeness (QED) is 0.243. The van der Waals surface area contributed by atoms with Crippen LogP contribution in [0.4, 0.5) is 4.39 Å². The fourth-order valence-corrected chi connectivity index (χ4v) is 3.08. The van der Waals surface area contributed by atoms with Gasteiger partial charge in [0.05, 0.1) is 6.10 Å². The minimum atomic E-state index is -0.233. The molecule has 1 heterocycles. The van der Waals surface area contributed by atoms with Gasteiger partial charge in [0.1, 0.15) is 12.4 Å². The molecular weight excluding hydrogens is 377 g/mol. The summed E-state index contributed by atoms with van der Waals surface area (Å²) < 4.78 is 25.7. The molecule has 0 bridgehead atoms. The monoisotopic (exact) mass is 411 g/mol. The summed E-state index contributed by atoms with van der Waals surface area (Å²) in [5.41, 5.74) is 2.24. The molecule has 0 spiro atoms. The van der Waals surface area contributed by atoms with Gasteiger partial charge in [-0.05, 0) is 50.3 Å². The van der Waals surface area contributed by atoms with Crippen molar-refractivity contribution in [3.63, 3.8) is 0 Å². The Kier molecular flexibility index (Phi) is 10.9. The number of benzene rings is 1. The standard InChI is InChI=1S/C26H34FNO2/c1-4-6-10-18-29-21(3)11-8-7-9-12-22-13-14-23(19-25(22)27)24-15-16-26(28-20-24)30-17-5-2/h5,9,12-16,19-21H,2,4,6-8,10-11,17-18H2,1,3H3. The molecule has 0 aliphatic rings. The minimum absolute atomic E-state index is 0.233. The lowest BCUT2D eigenvalue weighted by atomic mass is 10.0. The zero-order valence-corrected chi connectivity index (χ0v) is 18.3. The van der Waals surface area contributed by atoms with E-state index in [0.717, 1.165) is 43.4 Å². The Labute approximate surface area is 180 Å². The van der Waals surface area contributed by atoms with Crippen molar-refractivity contribution in [2.24, 2.45) is 0 Å². The van der Waals surface area contributed by atoms with Crippen LogP contribution in [-0.2, 0) is 4.74 Å². The molecule has 0 saturated carbocycles. The van der Waals surface area contributed by atoms with Crippen molar-refractivity contribution >= 4 is 6.08 Å². The summed E-state index contributed by atoms with van der Waals surface area (Å²) in [4.78, 5) is 4.24. The van der Waals surface area contributed by atoms with Crippen molar-refractivity contribution in [2.75, 3.05) is 13.2 Å². The topological polar surface area (TPSA) is 31.4 Å². The summed E-state index contributed by atoms with van der Waals surface area (Å²) in [6.45, 7) is 9.19. The van der Waals surface area contributed by atoms with Crippen LogP contribution >= 0.6 is 0 Å². The van der Waals surface area contributed by atoms with E-state index in [-0.39, 0.29) is 11.9 Å². The Morgan fingerprint density at radius 3 is 2.67 bits per heavy atom. The highest BCUT2D eigenvalue weighted by atomic mass is 19.1. The molecule has 1 aromatic heterocycles. The van der Waals surface area contributed by atoms with Gasteiger partial charge in [0.25, 0.3) is 0 Å². The number of hydrogen-bond donors (Lipinski definition) is 0. The third-order valence-electron chi connectivity index (χ3n) is 4.85. The third-order valence-corrected chi connectivity index (χ3v) is 4.85. The van der Waals surface area contributed by atoms with Crippen molar-refractivity contribution in [1.29, 1.82) is 0 Å². The van der Waals surface area contributed by atoms with Crippen LogP contribution in [0.1, 0.15) is 57.9 Å². The highest BCUT2D eigenvalue weighted by Gasteiger charge is 2.05. The highest BCUT2D eigenvalue weighted by Crippen LogP contribution is 2.23. The molecule has 1 atom stereocenters. The Morgan fingerprint density at radius 1 is 1.13 bits per heavy atom. The number of unbranched alkanes of at least 4 members (excludes halogenated alkanes) is 3. The molecule has 0 N–H and O–H groups in total. The summed E-state index contributed by atoms with van der Waals surface area (Å²) in [5, 5.41) is 0. The number of aromatic nitrogens is 1. The van der Waals surface area contributed by atoms with Gasteiger partial charge in [-0.1, -0.05) is 56.7 Å². The lowest BCUT2D eigenvalue weighted by Gasteiger charge is -2.12. The fourth-order valence-electron chi connectivity index (χ4n) is 3.08. The summed E-state index contributed by atoms with van der Waals surface area (Å²) in [7, 11) is 0. The molecule has 0 aliphatic heterocycles. The molecule has 3 nitrogen and oxygen atoms in total. The van der Waals surface area contributed by atoms with E-state index in [9.17, 15) is 4.39 Å². The van der Waals surface area contributed by atoms with Gasteiger partial charge in [0, 0.05) is 30.0 Å². The van der Waals surface area contributed by atoms with Crippen molar-refractivity contribution in [3.05, 3.63) is 66.6 Å². The fraction of sp³-hybridized carbons (Fsp3) is 0.423. The third kappa shape index (κ3) is 8.50. The van der Waals surface area contributed by atoms with E-state index in [4.69, 9.17) is 9.47 Å². The minimum Gasteiger partial charge on any atom is -0.473 e. The first-order valence-electron chi connectivity index (χ1n) is 10.9. The maximum Gasteiger partial charge on any atom is 0.213 e. The first-order chi connectivity index (χ1) is 14.6. The summed E-state index contributed by atoms with van der Waals surface area (Å²) in [5.74, 6) is 0.294. The van der Waals surface area contributed by atoms with Crippen LogP contribution in [0.3, 0.4) is 0 Å². The van der Waals surface area contributed by atoms with Crippen LogP contribution in [0.5, 0.6) is 5.88 Å². The summed E-state index contributed by atoms with van der Waals surface area (Å²) in [6, 6.07) is 8.92. The molecule has 0 fully saturated rings. The predicted octanol–water partition coefficient (Wildman–Crippen LogP) is 7.23. The van der Waals surface area contributed by atoms with E-state index >= 15 is 0 Å². The smallest absolute Gasteiger partial charge is 0.213 e. The maximum absolute atomic E-state index is 14.5. The van der Waals surface area contributed by atoms with E-state index in [1.165, 1.54) is 12.8 Å². The molecule has 4 heteroatoms. The summed E-state index contributed by atoms with van der Waals surface area (Å²) in [6.07, 6.45) is 14.1. The molecule has 2 aromatic rings. The average molecular weight is 412 g/mol. The first kappa shape index (κ1) is 23.8. The maximum atomic E-state index is 14.5. The van der Waals surface area contributed by atoms with Gasteiger partial charge in [-0.15, -0.1) is 0 Å². The largest absolute Gasteiger partial charge is 0.473 e. The summed E-state index contributed by atoms with van der Waals surface area (Å²) >= 11 is 0. The van der Waals surface area contributed by atoms with Gasteiger partial charge in [0.2, 0.25) is 5.88 Å². The number of allylic oxidation sites excluding steroid dienone is 1. The molecule has 0 aliphatic carbocycles. The Morgan fingerprint density at radius 2 is 1.97 bits per heavy atom. The highest BCUT2D eigenvalue weighted by molar-refractivity contribution is 5.65. The molecular formula is C26H34FNO2. The SMILES string of the molecule is C=CCOc1ccc(-c2ccc(C=CCCCC(C)OCCCCC)c(F)c2)cn1. The predicted molar refractivity (Wildman–Crippen MR) is 123 cm³/mol. The van der Waals surface area contributed by atoms with E-state index in [1.54, 1.807) is 24.4 Å². The molecule has 1 unspecified atom stereocenters. The molecule has 0 amide bonds. The second kappa shape index (κ2) is 13.7. The lowest BCUT2D eigenvalue weighted by molar-refractivity contribution is 0.0566. The molecule has 162 valence electrons. The molecule has 0 radical (unpaired) electrons. The van der Waals surface area contributed by atoms with Crippen molar-refractivity contribution < 1.29 is 13.9 Å². The van der Waals surface area contributed by atoms with Crippen molar-refractivity contribution in [2.45, 2.75) is 58.5 Å². The number of nitrogens with zero attached hydrogens (tertiary/aromatic N) is 1. The van der Waals surface area contributed by atoms with Crippen LogP contribution in [-0.4, -0.2) is 24.3 Å². The molecule has 30 heavy (non-hydrogen) atoms. The number of halogens is 1. The van der Waals surface area contributed by atoms with Gasteiger partial charge < -0.3 is 9.47 Å². The van der Waals surface area contributed by atoms with E-state index in [0.29, 0.717) is 18.1 Å². The van der Waals surface area contributed by atoms with Crippen LogP contribution in [0.15, 0.2) is 55.3 Å². The number of ether oxygens (including phenoxy) is 2. The normalized spacial score (nSPS) is 12.2. The second-order valence-electron chi connectivity index (χ2n) is 7.44. The zero-order chi connectivity index (χ0) is 21.6. The second-order valence-corrected chi connectivity index (χ2v) is 7.44. The van der Waals surface area contributed by atoms with Crippen LogP contribution in [0.2, 0.25) is 0 Å². The van der Waals surface area contributed by atoms with E-state index in [2.05, 4.69) is 25.4 Å². The van der Waals surface area contributed by atoms with Gasteiger partial charge in [-0.25, -0.2) is 9.37 Å². The number of pyridine rings is 1. The van der Waals surface area contributed by atoms with Gasteiger partial charge in [0.15, 0.2) is 0 Å². The molecule has 2 rings (SSSR count). The van der Waals surface area contributed by atoms with Crippen molar-refractivity contribution in [3.8, 4) is 17.0 Å². The van der Waals surface area contributed by atoms with Crippen LogP contribution in [0.25, 0.3) is 17.2 Å². The van der Waals surface area contributed by atoms with E-state index in [1.807, 2.05) is 30.4 Å². The Balaban J connectivity index is 1.80. The van der Waals surface area contributed by atoms with Gasteiger partial charge >= 0.3 is 0 Å². The van der Waals surface area contributed by atoms with Gasteiger partial charge in [-0.2, -0.15) is 0 Å². The van der Waals surface area contributed by atoms with E-state index < -0.39 is 0 Å². The molecule has 0 saturated heterocycles. The van der Waals surface area contributed by atoms with Gasteiger partial charge in [-0.3, -0.25) is 0 Å². The van der Waals surface area contributed by atoms with Crippen LogP contribution in [0, 0.1) is 5.82 Å². The van der Waals surface area contributed by atoms with Crippen LogP contribution < -0.4 is 4.74 Å². The average Bonchev–Trinajstić information content (AvgIpc) is 2.76. The number of hydrogen-bond acceptors (Lipinski definition) is 3. The van der Waals surface area contributed by atoms with Crippen molar-refractivity contribution in [1.82, 2.24) is 4.98 Å². The first-order valence-corrected chi connectivity index (χ1v) is 10.9. The lowest BCUT2D eigenvalue weighted by Crippen LogP contribution is -2.08. The molecule has 1 aromatic carbocycles. The Hall–Kier alpha value is -2.46. The Bertz CT molecular complexity index is 786. The zero-order valence-electron chi connectivity index (χ0n) is 18.3. The number of rotatable bonds is 14.